The van der Waals surface area contributed by atoms with Gasteiger partial charge in [-0.3, -0.25) is 14.8 Å². The van der Waals surface area contributed by atoms with Gasteiger partial charge in [-0.15, -0.1) is 0 Å². The maximum absolute atomic E-state index is 11.4. The van der Waals surface area contributed by atoms with E-state index in [1.165, 1.54) is 12.4 Å². The van der Waals surface area contributed by atoms with Crippen LogP contribution in [0.25, 0.3) is 0 Å². The molecule has 0 saturated carbocycles. The highest BCUT2D eigenvalue weighted by atomic mass is 16.3. The van der Waals surface area contributed by atoms with Crippen molar-refractivity contribution in [3.8, 4) is 0 Å². The third kappa shape index (κ3) is 3.49. The Morgan fingerprint density at radius 1 is 1.41 bits per heavy atom. The molecule has 0 aromatic carbocycles. The summed E-state index contributed by atoms with van der Waals surface area (Å²) >= 11 is 0. The van der Waals surface area contributed by atoms with E-state index in [0.717, 1.165) is 12.4 Å². The van der Waals surface area contributed by atoms with Gasteiger partial charge in [0.05, 0.1) is 19.0 Å². The third-order valence-corrected chi connectivity index (χ3v) is 3.58. The summed E-state index contributed by atoms with van der Waals surface area (Å²) in [6.45, 7) is 4.83. The van der Waals surface area contributed by atoms with Crippen molar-refractivity contribution >= 4 is 5.82 Å². The monoisotopic (exact) mass is 305 g/mol. The number of H-pyrrole nitrogens is 2. The average molecular weight is 305 g/mol. The molecular formula is C13H19N7O2. The van der Waals surface area contributed by atoms with E-state index in [9.17, 15) is 9.90 Å². The number of hydrogen-bond donors (Lipinski definition) is 3. The van der Waals surface area contributed by atoms with Crippen LogP contribution < -0.4 is 10.5 Å². The van der Waals surface area contributed by atoms with Gasteiger partial charge in [-0.05, 0) is 6.92 Å². The Balaban J connectivity index is 1.68. The minimum absolute atomic E-state index is 0.197. The minimum atomic E-state index is -0.524. The predicted molar refractivity (Wildman–Crippen MR) is 79.5 cm³/mol. The zero-order valence-corrected chi connectivity index (χ0v) is 12.4. The molecule has 0 bridgehead atoms. The van der Waals surface area contributed by atoms with Crippen LogP contribution in [0, 0.1) is 6.92 Å². The van der Waals surface area contributed by atoms with E-state index in [-0.39, 0.29) is 5.56 Å². The maximum atomic E-state index is 11.4. The number of nitrogens with one attached hydrogen (secondary N) is 2. The molecule has 9 nitrogen and oxygen atoms in total. The number of aromatic nitrogens is 5. The van der Waals surface area contributed by atoms with Crippen LogP contribution in [0.2, 0.25) is 0 Å². The molecule has 0 aliphatic carbocycles. The summed E-state index contributed by atoms with van der Waals surface area (Å²) < 4.78 is 0. The molecule has 9 heteroatoms. The number of hydrogen-bond acceptors (Lipinski definition) is 7. The summed E-state index contributed by atoms with van der Waals surface area (Å²) in [5, 5.41) is 17.1. The number of β-amino-alcohol motifs (C(OH)–C–C–N with tert-alkyl or cyclic N) is 1. The van der Waals surface area contributed by atoms with Gasteiger partial charge in [0.2, 0.25) is 0 Å². The Bertz CT molecular complexity index is 683. The predicted octanol–water partition coefficient (Wildman–Crippen LogP) is -1.12. The van der Waals surface area contributed by atoms with Gasteiger partial charge in [0.25, 0.3) is 5.56 Å². The lowest BCUT2D eigenvalue weighted by atomic mass is 10.3. The topological polar surface area (TPSA) is 114 Å². The van der Waals surface area contributed by atoms with E-state index in [1.54, 1.807) is 0 Å². The summed E-state index contributed by atoms with van der Waals surface area (Å²) in [6, 6.07) is 1.45. The molecule has 2 aromatic rings. The van der Waals surface area contributed by atoms with E-state index in [1.807, 2.05) is 11.8 Å². The number of aliphatic hydroxyl groups is 1. The van der Waals surface area contributed by atoms with E-state index in [4.69, 9.17) is 0 Å². The lowest BCUT2D eigenvalue weighted by Gasteiger charge is -2.22. The fourth-order valence-electron chi connectivity index (χ4n) is 2.60. The third-order valence-electron chi connectivity index (χ3n) is 3.58. The van der Waals surface area contributed by atoms with Crippen molar-refractivity contribution in [3.05, 3.63) is 34.4 Å². The normalized spacial score (nSPS) is 20.1. The van der Waals surface area contributed by atoms with Crippen molar-refractivity contribution < 1.29 is 5.11 Å². The summed E-state index contributed by atoms with van der Waals surface area (Å²) in [6.07, 6.45) is 0.854. The van der Waals surface area contributed by atoms with Crippen LogP contribution in [0.1, 0.15) is 11.6 Å². The number of anilines is 1. The molecule has 1 fully saturated rings. The largest absolute Gasteiger partial charge is 0.390 e. The minimum Gasteiger partial charge on any atom is -0.390 e. The number of aromatic amines is 2. The molecule has 118 valence electrons. The lowest BCUT2D eigenvalue weighted by molar-refractivity contribution is 0.128. The highest BCUT2D eigenvalue weighted by molar-refractivity contribution is 5.37. The number of rotatable bonds is 3. The van der Waals surface area contributed by atoms with Crippen LogP contribution in [0.3, 0.4) is 0 Å². The van der Waals surface area contributed by atoms with Crippen molar-refractivity contribution in [2.24, 2.45) is 0 Å². The fourth-order valence-corrected chi connectivity index (χ4v) is 2.60. The van der Waals surface area contributed by atoms with Crippen molar-refractivity contribution in [1.29, 1.82) is 0 Å². The summed E-state index contributed by atoms with van der Waals surface area (Å²) in [5.74, 6) is 2.07. The number of aliphatic hydroxyl groups excluding tert-OH is 1. The Kier molecular flexibility index (Phi) is 4.16. The second kappa shape index (κ2) is 6.24. The molecule has 3 heterocycles. The van der Waals surface area contributed by atoms with Crippen molar-refractivity contribution in [2.75, 3.05) is 31.1 Å². The molecule has 22 heavy (non-hydrogen) atoms. The highest BCUT2D eigenvalue weighted by Gasteiger charge is 2.23. The molecule has 0 unspecified atom stereocenters. The van der Waals surface area contributed by atoms with E-state index in [0.29, 0.717) is 37.8 Å². The second-order valence-corrected chi connectivity index (χ2v) is 5.44. The summed E-state index contributed by atoms with van der Waals surface area (Å²) in [7, 11) is 0. The Labute approximate surface area is 127 Å². The first-order valence-corrected chi connectivity index (χ1v) is 7.18. The first-order chi connectivity index (χ1) is 10.6. The molecule has 0 radical (unpaired) electrons. The Morgan fingerprint density at radius 3 is 3.00 bits per heavy atom. The molecule has 1 aliphatic rings. The first-order valence-electron chi connectivity index (χ1n) is 7.18. The van der Waals surface area contributed by atoms with Crippen LogP contribution in [0.5, 0.6) is 0 Å². The quantitative estimate of drug-likeness (QED) is 0.658. The second-order valence-electron chi connectivity index (χ2n) is 5.44. The smallest absolute Gasteiger partial charge is 0.252 e. The van der Waals surface area contributed by atoms with Gasteiger partial charge in [-0.1, -0.05) is 0 Å². The van der Waals surface area contributed by atoms with Crippen molar-refractivity contribution in [1.82, 2.24) is 30.0 Å². The van der Waals surface area contributed by atoms with E-state index >= 15 is 0 Å². The molecule has 1 aliphatic heterocycles. The lowest BCUT2D eigenvalue weighted by Crippen LogP contribution is -2.34. The summed E-state index contributed by atoms with van der Waals surface area (Å²) in [4.78, 5) is 26.4. The Morgan fingerprint density at radius 2 is 2.27 bits per heavy atom. The van der Waals surface area contributed by atoms with Crippen molar-refractivity contribution in [3.63, 3.8) is 0 Å². The summed E-state index contributed by atoms with van der Waals surface area (Å²) in [5.41, 5.74) is -0.197. The molecule has 0 amide bonds. The van der Waals surface area contributed by atoms with Gasteiger partial charge in [-0.2, -0.15) is 5.10 Å². The molecule has 3 rings (SSSR count). The molecule has 1 saturated heterocycles. The highest BCUT2D eigenvalue weighted by Crippen LogP contribution is 2.12. The molecule has 1 atom stereocenters. The zero-order valence-electron chi connectivity index (χ0n) is 12.4. The number of aryl methyl sites for hydroxylation is 1. The zero-order chi connectivity index (χ0) is 15.5. The average Bonchev–Trinajstić information content (AvgIpc) is 2.78. The van der Waals surface area contributed by atoms with Gasteiger partial charge in [-0.25, -0.2) is 9.97 Å². The van der Waals surface area contributed by atoms with Gasteiger partial charge < -0.3 is 15.0 Å². The van der Waals surface area contributed by atoms with Gasteiger partial charge >= 0.3 is 0 Å². The van der Waals surface area contributed by atoms with Crippen LogP contribution in [0.4, 0.5) is 5.82 Å². The van der Waals surface area contributed by atoms with Crippen LogP contribution in [-0.2, 0) is 6.54 Å². The standard InChI is InChI=1S/C13H19N7O2/c1-9-16-11(18-17-9)7-19-2-3-20(6-10(21)5-19)12-4-13(22)15-8-14-12/h4,8,10,21H,2-3,5-7H2,1H3,(H,14,15,22)(H,16,17,18)/t10-/m1/s1. The molecule has 2 aromatic heterocycles. The van der Waals surface area contributed by atoms with Gasteiger partial charge in [0.15, 0.2) is 5.82 Å². The van der Waals surface area contributed by atoms with E-state index < -0.39 is 6.10 Å². The molecule has 3 N–H and O–H groups in total. The SMILES string of the molecule is Cc1nc(CN2CCN(c3cc(=O)[nH]cn3)C[C@H](O)C2)n[nH]1. The fraction of sp³-hybridized carbons (Fsp3) is 0.538. The molecule has 0 spiro atoms. The van der Waals surface area contributed by atoms with Crippen LogP contribution in [0.15, 0.2) is 17.2 Å². The van der Waals surface area contributed by atoms with E-state index in [2.05, 4.69) is 30.0 Å². The first kappa shape index (κ1) is 14.7. The van der Waals surface area contributed by atoms with Gasteiger partial charge in [0, 0.05) is 32.2 Å². The van der Waals surface area contributed by atoms with Gasteiger partial charge in [0.1, 0.15) is 11.6 Å². The van der Waals surface area contributed by atoms with Crippen molar-refractivity contribution in [2.45, 2.75) is 19.6 Å². The maximum Gasteiger partial charge on any atom is 0.252 e. The molecular weight excluding hydrogens is 286 g/mol. The Hall–Kier alpha value is -2.26. The number of nitrogens with zero attached hydrogens (tertiary/aromatic N) is 5. The van der Waals surface area contributed by atoms with Crippen LogP contribution >= 0.6 is 0 Å². The van der Waals surface area contributed by atoms with Crippen LogP contribution in [-0.4, -0.2) is 67.4 Å².